The third kappa shape index (κ3) is 4.30. The van der Waals surface area contributed by atoms with Crippen LogP contribution in [0.1, 0.15) is 16.7 Å². The van der Waals surface area contributed by atoms with Gasteiger partial charge in [0.05, 0.1) is 7.11 Å². The van der Waals surface area contributed by atoms with E-state index in [4.69, 9.17) is 4.74 Å². The lowest BCUT2D eigenvalue weighted by atomic mass is 10.1. The monoisotopic (exact) mass is 379 g/mol. The number of ether oxygens (including phenoxy) is 1. The Labute approximate surface area is 167 Å². The average Bonchev–Trinajstić information content (AvgIpc) is 3.18. The fraction of sp³-hybridized carbons (Fsp3) is 0.435. The Morgan fingerprint density at radius 1 is 1.04 bits per heavy atom. The minimum atomic E-state index is 0.0530. The zero-order valence-corrected chi connectivity index (χ0v) is 16.6. The Morgan fingerprint density at radius 3 is 2.43 bits per heavy atom. The molecular weight excluding hydrogens is 350 g/mol. The molecule has 0 bridgehead atoms. The van der Waals surface area contributed by atoms with Crippen molar-refractivity contribution < 1.29 is 9.53 Å². The van der Waals surface area contributed by atoms with Crippen LogP contribution in [0.4, 0.5) is 4.79 Å². The van der Waals surface area contributed by atoms with E-state index in [0.717, 1.165) is 51.2 Å². The van der Waals surface area contributed by atoms with Crippen LogP contribution in [-0.2, 0) is 19.3 Å². The summed E-state index contributed by atoms with van der Waals surface area (Å²) in [5.41, 5.74) is 4.15. The molecule has 0 aromatic heterocycles. The molecule has 1 saturated heterocycles. The molecule has 2 amide bonds. The molecular formula is C23H29N3O2. The molecule has 28 heavy (non-hydrogen) atoms. The van der Waals surface area contributed by atoms with Crippen LogP contribution < -0.4 is 10.1 Å². The quantitative estimate of drug-likeness (QED) is 0.869. The Kier molecular flexibility index (Phi) is 5.81. The molecule has 0 unspecified atom stereocenters. The van der Waals surface area contributed by atoms with E-state index in [2.05, 4.69) is 40.5 Å². The van der Waals surface area contributed by atoms with Crippen LogP contribution >= 0.6 is 0 Å². The summed E-state index contributed by atoms with van der Waals surface area (Å²) in [6.07, 6.45) is 3.09. The van der Waals surface area contributed by atoms with E-state index in [0.29, 0.717) is 12.6 Å². The number of amides is 2. The Bertz CT molecular complexity index is 790. The third-order valence-electron chi connectivity index (χ3n) is 5.97. The number of urea groups is 1. The molecule has 1 fully saturated rings. The third-order valence-corrected chi connectivity index (χ3v) is 5.97. The Morgan fingerprint density at radius 2 is 1.75 bits per heavy atom. The van der Waals surface area contributed by atoms with E-state index in [-0.39, 0.29) is 6.03 Å². The highest BCUT2D eigenvalue weighted by Gasteiger charge is 2.30. The van der Waals surface area contributed by atoms with Crippen LogP contribution in [0.15, 0.2) is 48.5 Å². The Hall–Kier alpha value is -2.53. The number of piperazine rings is 1. The summed E-state index contributed by atoms with van der Waals surface area (Å²) in [6, 6.07) is 17.4. The fourth-order valence-corrected chi connectivity index (χ4v) is 4.34. The van der Waals surface area contributed by atoms with Gasteiger partial charge in [-0.1, -0.05) is 36.4 Å². The van der Waals surface area contributed by atoms with Crippen molar-refractivity contribution in [1.29, 1.82) is 0 Å². The van der Waals surface area contributed by atoms with E-state index in [1.54, 1.807) is 7.11 Å². The molecule has 2 aromatic rings. The summed E-state index contributed by atoms with van der Waals surface area (Å²) in [4.78, 5) is 17.0. The van der Waals surface area contributed by atoms with Gasteiger partial charge in [-0.2, -0.15) is 0 Å². The molecule has 1 aliphatic carbocycles. The summed E-state index contributed by atoms with van der Waals surface area (Å²) in [7, 11) is 1.67. The highest BCUT2D eigenvalue weighted by Crippen LogP contribution is 2.26. The molecule has 1 aliphatic heterocycles. The summed E-state index contributed by atoms with van der Waals surface area (Å²) in [5, 5.41) is 3.06. The molecule has 0 atom stereocenters. The lowest BCUT2D eigenvalue weighted by Crippen LogP contribution is -2.54. The number of carbonyl (C=O) groups excluding carboxylic acids is 1. The van der Waals surface area contributed by atoms with Crippen LogP contribution in [0, 0.1) is 0 Å². The zero-order chi connectivity index (χ0) is 19.3. The fourth-order valence-electron chi connectivity index (χ4n) is 4.34. The average molecular weight is 380 g/mol. The van der Waals surface area contributed by atoms with Crippen molar-refractivity contribution in [3.63, 3.8) is 0 Å². The second-order valence-corrected chi connectivity index (χ2v) is 7.69. The highest BCUT2D eigenvalue weighted by atomic mass is 16.5. The van der Waals surface area contributed by atoms with Gasteiger partial charge >= 0.3 is 6.03 Å². The van der Waals surface area contributed by atoms with Gasteiger partial charge in [-0.3, -0.25) is 4.90 Å². The molecule has 5 heteroatoms. The van der Waals surface area contributed by atoms with E-state index < -0.39 is 0 Å². The number of methoxy groups -OCH3 is 1. The first-order chi connectivity index (χ1) is 13.7. The van der Waals surface area contributed by atoms with Crippen molar-refractivity contribution in [1.82, 2.24) is 15.1 Å². The second kappa shape index (κ2) is 8.65. The summed E-state index contributed by atoms with van der Waals surface area (Å²) < 4.78 is 5.25. The topological polar surface area (TPSA) is 44.8 Å². The zero-order valence-electron chi connectivity index (χ0n) is 16.6. The SMILES string of the molecule is COc1cccc(CCNC(=O)N2CCN(C3Cc4ccccc4C3)CC2)c1. The largest absolute Gasteiger partial charge is 0.497 e. The van der Waals surface area contributed by atoms with Crippen LogP contribution in [0.25, 0.3) is 0 Å². The van der Waals surface area contributed by atoms with Gasteiger partial charge < -0.3 is 15.0 Å². The number of carbonyl (C=O) groups is 1. The van der Waals surface area contributed by atoms with Gasteiger partial charge in [0.15, 0.2) is 0 Å². The number of hydrogen-bond donors (Lipinski definition) is 1. The van der Waals surface area contributed by atoms with Crippen LogP contribution in [0.2, 0.25) is 0 Å². The number of nitrogens with zero attached hydrogens (tertiary/aromatic N) is 2. The molecule has 0 saturated carbocycles. The lowest BCUT2D eigenvalue weighted by molar-refractivity contribution is 0.111. The normalized spacial score (nSPS) is 17.4. The molecule has 4 rings (SSSR count). The second-order valence-electron chi connectivity index (χ2n) is 7.69. The molecule has 2 aliphatic rings. The van der Waals surface area contributed by atoms with Crippen molar-refractivity contribution in [2.45, 2.75) is 25.3 Å². The number of fused-ring (bicyclic) bond motifs is 1. The van der Waals surface area contributed by atoms with Crippen LogP contribution in [0.3, 0.4) is 0 Å². The predicted molar refractivity (Wildman–Crippen MR) is 111 cm³/mol. The molecule has 0 radical (unpaired) electrons. The van der Waals surface area contributed by atoms with Crippen molar-refractivity contribution in [3.05, 3.63) is 65.2 Å². The predicted octanol–water partition coefficient (Wildman–Crippen LogP) is 2.73. The number of rotatable bonds is 5. The van der Waals surface area contributed by atoms with Crippen LogP contribution in [0.5, 0.6) is 5.75 Å². The standard InChI is InChI=1S/C23H29N3O2/c1-28-22-8-4-5-18(15-22)9-10-24-23(27)26-13-11-25(12-14-26)21-16-19-6-2-3-7-20(19)17-21/h2-8,15,21H,9-14,16-17H2,1H3,(H,24,27). The first-order valence-corrected chi connectivity index (χ1v) is 10.2. The summed E-state index contributed by atoms with van der Waals surface area (Å²) in [6.45, 7) is 4.17. The maximum absolute atomic E-state index is 12.5. The van der Waals surface area contributed by atoms with Crippen LogP contribution in [-0.4, -0.2) is 61.7 Å². The van der Waals surface area contributed by atoms with Crippen molar-refractivity contribution >= 4 is 6.03 Å². The van der Waals surface area contributed by atoms with E-state index in [1.807, 2.05) is 23.1 Å². The molecule has 2 aromatic carbocycles. The van der Waals surface area contributed by atoms with Crippen molar-refractivity contribution in [3.8, 4) is 5.75 Å². The molecule has 1 heterocycles. The maximum Gasteiger partial charge on any atom is 0.317 e. The first kappa shape index (κ1) is 18.8. The molecule has 1 N–H and O–H groups in total. The van der Waals surface area contributed by atoms with Gasteiger partial charge in [0.25, 0.3) is 0 Å². The highest BCUT2D eigenvalue weighted by molar-refractivity contribution is 5.74. The number of hydrogen-bond acceptors (Lipinski definition) is 3. The summed E-state index contributed by atoms with van der Waals surface area (Å²) >= 11 is 0. The molecule has 148 valence electrons. The van der Waals surface area contributed by atoms with Gasteiger partial charge in [0.1, 0.15) is 5.75 Å². The van der Waals surface area contributed by atoms with Gasteiger partial charge in [-0.05, 0) is 48.1 Å². The maximum atomic E-state index is 12.5. The molecule has 5 nitrogen and oxygen atoms in total. The molecule has 0 spiro atoms. The van der Waals surface area contributed by atoms with Gasteiger partial charge in [-0.25, -0.2) is 4.79 Å². The Balaban J connectivity index is 1.20. The summed E-state index contributed by atoms with van der Waals surface area (Å²) in [5.74, 6) is 0.856. The van der Waals surface area contributed by atoms with Crippen molar-refractivity contribution in [2.24, 2.45) is 0 Å². The minimum Gasteiger partial charge on any atom is -0.497 e. The van der Waals surface area contributed by atoms with E-state index >= 15 is 0 Å². The lowest BCUT2D eigenvalue weighted by Gasteiger charge is -2.38. The van der Waals surface area contributed by atoms with Gasteiger partial charge in [-0.15, -0.1) is 0 Å². The minimum absolute atomic E-state index is 0.0530. The smallest absolute Gasteiger partial charge is 0.317 e. The van der Waals surface area contributed by atoms with Gasteiger partial charge in [0, 0.05) is 38.8 Å². The van der Waals surface area contributed by atoms with E-state index in [1.165, 1.54) is 16.7 Å². The van der Waals surface area contributed by atoms with Gasteiger partial charge in [0.2, 0.25) is 0 Å². The first-order valence-electron chi connectivity index (χ1n) is 10.2. The van der Waals surface area contributed by atoms with Crippen molar-refractivity contribution in [2.75, 3.05) is 39.8 Å². The number of benzene rings is 2. The van der Waals surface area contributed by atoms with E-state index in [9.17, 15) is 4.79 Å². The number of nitrogens with one attached hydrogen (secondary N) is 1.